The molecule has 4 N–H and O–H groups in total. The van der Waals surface area contributed by atoms with Gasteiger partial charge in [0.25, 0.3) is 5.91 Å². The molecule has 1 aromatic carbocycles. The van der Waals surface area contributed by atoms with Gasteiger partial charge in [-0.05, 0) is 38.8 Å². The van der Waals surface area contributed by atoms with Gasteiger partial charge in [0.2, 0.25) is 0 Å². The summed E-state index contributed by atoms with van der Waals surface area (Å²) in [4.78, 5) is 14.2. The number of aliphatic hydroxyl groups is 1. The zero-order chi connectivity index (χ0) is 14.0. The maximum atomic E-state index is 12.5. The third-order valence-electron chi connectivity index (χ3n) is 3.52. The van der Waals surface area contributed by atoms with Gasteiger partial charge in [-0.15, -0.1) is 0 Å². The Morgan fingerprint density at radius 2 is 2.26 bits per heavy atom. The first kappa shape index (κ1) is 13.8. The van der Waals surface area contributed by atoms with Crippen molar-refractivity contribution in [1.82, 2.24) is 4.90 Å². The summed E-state index contributed by atoms with van der Waals surface area (Å²) in [5.74, 6) is 5.36. The number of piperidine rings is 1. The Labute approximate surface area is 113 Å². The number of aryl methyl sites for hydroxylation is 1. The second kappa shape index (κ2) is 5.19. The molecule has 1 atom stereocenters. The van der Waals surface area contributed by atoms with Crippen LogP contribution in [-0.2, 0) is 0 Å². The molecular weight excluding hydrogens is 242 g/mol. The predicted octanol–water partition coefficient (Wildman–Crippen LogP) is 1.27. The molecule has 1 unspecified atom stereocenters. The van der Waals surface area contributed by atoms with Crippen LogP contribution in [0, 0.1) is 6.92 Å². The lowest BCUT2D eigenvalue weighted by Gasteiger charge is -2.37. The van der Waals surface area contributed by atoms with Crippen LogP contribution >= 0.6 is 0 Å². The minimum absolute atomic E-state index is 0.0865. The second-order valence-corrected chi connectivity index (χ2v) is 5.52. The summed E-state index contributed by atoms with van der Waals surface area (Å²) >= 11 is 0. The zero-order valence-corrected chi connectivity index (χ0v) is 11.4. The number of nitrogens with zero attached hydrogens (tertiary/aromatic N) is 1. The van der Waals surface area contributed by atoms with Gasteiger partial charge in [0.15, 0.2) is 0 Å². The number of carbonyl (C=O) groups excluding carboxylic acids is 1. The predicted molar refractivity (Wildman–Crippen MR) is 74.8 cm³/mol. The quantitative estimate of drug-likeness (QED) is 0.554. The van der Waals surface area contributed by atoms with E-state index in [1.807, 2.05) is 19.1 Å². The van der Waals surface area contributed by atoms with Crippen LogP contribution < -0.4 is 11.3 Å². The van der Waals surface area contributed by atoms with Crippen LogP contribution in [0.4, 0.5) is 5.69 Å². The fourth-order valence-corrected chi connectivity index (χ4v) is 2.52. The highest BCUT2D eigenvalue weighted by molar-refractivity contribution is 5.99. The van der Waals surface area contributed by atoms with Gasteiger partial charge in [-0.2, -0.15) is 0 Å². The molecule has 104 valence electrons. The van der Waals surface area contributed by atoms with Crippen LogP contribution in [0.2, 0.25) is 0 Å². The number of benzene rings is 1. The molecule has 1 aromatic rings. The maximum Gasteiger partial charge on any atom is 0.256 e. The number of carbonyl (C=O) groups is 1. The van der Waals surface area contributed by atoms with Gasteiger partial charge in [-0.3, -0.25) is 10.6 Å². The lowest BCUT2D eigenvalue weighted by molar-refractivity contribution is -0.0107. The van der Waals surface area contributed by atoms with Crippen LogP contribution in [0.25, 0.3) is 0 Å². The zero-order valence-electron chi connectivity index (χ0n) is 11.4. The first-order valence-electron chi connectivity index (χ1n) is 6.52. The maximum absolute atomic E-state index is 12.5. The summed E-state index contributed by atoms with van der Waals surface area (Å²) in [6.45, 7) is 4.74. The SMILES string of the molecule is Cc1ccc(NN)c(C(=O)N2CCCC(C)(O)C2)c1. The van der Waals surface area contributed by atoms with Crippen molar-refractivity contribution in [3.8, 4) is 0 Å². The Bertz CT molecular complexity index is 486. The summed E-state index contributed by atoms with van der Waals surface area (Å²) in [5.41, 5.74) is 3.93. The van der Waals surface area contributed by atoms with Crippen molar-refractivity contribution >= 4 is 11.6 Å². The molecule has 1 saturated heterocycles. The monoisotopic (exact) mass is 263 g/mol. The van der Waals surface area contributed by atoms with Crippen molar-refractivity contribution in [2.24, 2.45) is 5.84 Å². The normalized spacial score (nSPS) is 23.3. The highest BCUT2D eigenvalue weighted by atomic mass is 16.3. The van der Waals surface area contributed by atoms with Crippen molar-refractivity contribution in [2.45, 2.75) is 32.3 Å². The lowest BCUT2D eigenvalue weighted by Crippen LogP contribution is -2.48. The molecule has 0 spiro atoms. The fraction of sp³-hybridized carbons (Fsp3) is 0.500. The number of hydrazine groups is 1. The van der Waals surface area contributed by atoms with E-state index in [0.29, 0.717) is 24.3 Å². The van der Waals surface area contributed by atoms with Gasteiger partial charge in [0, 0.05) is 13.1 Å². The van der Waals surface area contributed by atoms with E-state index in [1.165, 1.54) is 0 Å². The van der Waals surface area contributed by atoms with Crippen LogP contribution in [0.15, 0.2) is 18.2 Å². The van der Waals surface area contributed by atoms with E-state index in [4.69, 9.17) is 5.84 Å². The number of β-amino-alcohol motifs (C(OH)–C–C–N with tert-alkyl or cyclic N) is 1. The molecular formula is C14H21N3O2. The molecule has 2 rings (SSSR count). The molecule has 1 heterocycles. The molecule has 1 amide bonds. The van der Waals surface area contributed by atoms with E-state index in [1.54, 1.807) is 17.9 Å². The fourth-order valence-electron chi connectivity index (χ4n) is 2.52. The van der Waals surface area contributed by atoms with E-state index in [-0.39, 0.29) is 5.91 Å². The van der Waals surface area contributed by atoms with Gasteiger partial charge in [0.05, 0.1) is 16.9 Å². The number of hydrogen-bond donors (Lipinski definition) is 3. The highest BCUT2D eigenvalue weighted by Gasteiger charge is 2.32. The molecule has 0 aromatic heterocycles. The number of anilines is 1. The topological polar surface area (TPSA) is 78.6 Å². The smallest absolute Gasteiger partial charge is 0.256 e. The van der Waals surface area contributed by atoms with E-state index < -0.39 is 5.60 Å². The molecule has 1 fully saturated rings. The van der Waals surface area contributed by atoms with Gasteiger partial charge in [0.1, 0.15) is 0 Å². The van der Waals surface area contributed by atoms with E-state index in [0.717, 1.165) is 18.4 Å². The molecule has 0 bridgehead atoms. The van der Waals surface area contributed by atoms with Crippen molar-refractivity contribution < 1.29 is 9.90 Å². The molecule has 0 aliphatic carbocycles. The van der Waals surface area contributed by atoms with Crippen molar-refractivity contribution in [3.05, 3.63) is 29.3 Å². The molecule has 1 aliphatic heterocycles. The van der Waals surface area contributed by atoms with Gasteiger partial charge in [-0.25, -0.2) is 0 Å². The third kappa shape index (κ3) is 3.05. The number of nitrogens with two attached hydrogens (primary N) is 1. The minimum Gasteiger partial charge on any atom is -0.388 e. The Hall–Kier alpha value is -1.59. The van der Waals surface area contributed by atoms with Gasteiger partial charge >= 0.3 is 0 Å². The highest BCUT2D eigenvalue weighted by Crippen LogP contribution is 2.24. The Morgan fingerprint density at radius 1 is 1.53 bits per heavy atom. The average molecular weight is 263 g/mol. The van der Waals surface area contributed by atoms with Crippen LogP contribution in [0.1, 0.15) is 35.7 Å². The molecule has 5 nitrogen and oxygen atoms in total. The third-order valence-corrected chi connectivity index (χ3v) is 3.52. The summed E-state index contributed by atoms with van der Waals surface area (Å²) < 4.78 is 0. The molecule has 19 heavy (non-hydrogen) atoms. The average Bonchev–Trinajstić information content (AvgIpc) is 2.36. The largest absolute Gasteiger partial charge is 0.388 e. The number of nitrogen functional groups attached to an aromatic ring is 1. The van der Waals surface area contributed by atoms with E-state index in [2.05, 4.69) is 5.43 Å². The summed E-state index contributed by atoms with van der Waals surface area (Å²) in [5, 5.41) is 10.1. The molecule has 0 saturated carbocycles. The van der Waals surface area contributed by atoms with Crippen molar-refractivity contribution in [2.75, 3.05) is 18.5 Å². The van der Waals surface area contributed by atoms with E-state index in [9.17, 15) is 9.90 Å². The lowest BCUT2D eigenvalue weighted by atomic mass is 9.94. The van der Waals surface area contributed by atoms with Crippen molar-refractivity contribution in [1.29, 1.82) is 0 Å². The van der Waals surface area contributed by atoms with Crippen molar-refractivity contribution in [3.63, 3.8) is 0 Å². The van der Waals surface area contributed by atoms with Gasteiger partial charge < -0.3 is 15.4 Å². The number of rotatable bonds is 2. The molecule has 5 heteroatoms. The summed E-state index contributed by atoms with van der Waals surface area (Å²) in [7, 11) is 0. The minimum atomic E-state index is -0.798. The first-order chi connectivity index (χ1) is 8.93. The first-order valence-corrected chi connectivity index (χ1v) is 6.52. The Balaban J connectivity index is 2.26. The number of amides is 1. The number of hydrogen-bond acceptors (Lipinski definition) is 4. The van der Waals surface area contributed by atoms with Crippen LogP contribution in [0.5, 0.6) is 0 Å². The molecule has 0 radical (unpaired) electrons. The van der Waals surface area contributed by atoms with Crippen LogP contribution in [-0.4, -0.2) is 34.6 Å². The van der Waals surface area contributed by atoms with E-state index >= 15 is 0 Å². The van der Waals surface area contributed by atoms with Crippen LogP contribution in [0.3, 0.4) is 0 Å². The Kier molecular flexibility index (Phi) is 3.78. The Morgan fingerprint density at radius 3 is 2.89 bits per heavy atom. The number of likely N-dealkylation sites (tertiary alicyclic amines) is 1. The number of nitrogens with one attached hydrogen (secondary N) is 1. The summed E-state index contributed by atoms with van der Waals surface area (Å²) in [6.07, 6.45) is 1.54. The van der Waals surface area contributed by atoms with Gasteiger partial charge in [-0.1, -0.05) is 11.6 Å². The molecule has 1 aliphatic rings. The summed E-state index contributed by atoms with van der Waals surface area (Å²) in [6, 6.07) is 5.52. The standard InChI is InChI=1S/C14H21N3O2/c1-10-4-5-12(16-15)11(8-10)13(18)17-7-3-6-14(2,19)9-17/h4-5,8,16,19H,3,6-7,9,15H2,1-2H3. The second-order valence-electron chi connectivity index (χ2n) is 5.52.